The number of halogens is 8. The molecule has 15 heteroatoms. The summed E-state index contributed by atoms with van der Waals surface area (Å²) in [5.74, 6) is -5.92. The molecule has 0 spiro atoms. The highest BCUT2D eigenvalue weighted by atomic mass is 19.2. The zero-order valence-electron chi connectivity index (χ0n) is 29.3. The summed E-state index contributed by atoms with van der Waals surface area (Å²) in [6, 6.07) is 12.3. The first-order valence-electron chi connectivity index (χ1n) is 15.8. The number of rotatable bonds is 7. The Morgan fingerprint density at radius 3 is 1.15 bits per heavy atom. The summed E-state index contributed by atoms with van der Waals surface area (Å²) in [6.45, 7) is 7.52. The molecule has 2 heterocycles. The van der Waals surface area contributed by atoms with Crippen LogP contribution < -0.4 is 0 Å². The number of ether oxygens (including phenoxy) is 3. The van der Waals surface area contributed by atoms with Crippen LogP contribution in [-0.4, -0.2) is 47.7 Å². The third kappa shape index (κ3) is 13.8. The van der Waals surface area contributed by atoms with E-state index in [2.05, 4.69) is 4.74 Å². The highest BCUT2D eigenvalue weighted by Crippen LogP contribution is 2.39. The fourth-order valence-electron chi connectivity index (χ4n) is 4.41. The molecule has 2 fully saturated rings. The lowest BCUT2D eigenvalue weighted by Gasteiger charge is -2.23. The minimum absolute atomic E-state index is 0. The lowest BCUT2D eigenvalue weighted by molar-refractivity contribution is -0.148. The highest BCUT2D eigenvalue weighted by molar-refractivity contribution is 5.66. The van der Waals surface area contributed by atoms with Crippen LogP contribution in [0.15, 0.2) is 72.8 Å². The predicted octanol–water partition coefficient (Wildman–Crippen LogP) is 8.45. The molecule has 54 heavy (non-hydrogen) atoms. The maximum absolute atomic E-state index is 12.9. The van der Waals surface area contributed by atoms with Crippen LogP contribution >= 0.6 is 0 Å². The van der Waals surface area contributed by atoms with Crippen molar-refractivity contribution in [3.63, 3.8) is 0 Å². The number of carbonyl (C=O) groups is 1. The SMILES string of the molecule is C.CC(=O)OC[C@](C)(O)c1cc(F)cc(F)c1.CC1(c2cc(F)cc(F)c2)CO1.C[C@](O)(CO)c1cc(F)cc(F)c1.C[C@]1(c2cc(F)cc(F)c2)CO1.[2HH].[HH]. The zero-order valence-corrected chi connectivity index (χ0v) is 29.3. The Labute approximate surface area is 310 Å². The second-order valence-corrected chi connectivity index (χ2v) is 13.2. The summed E-state index contributed by atoms with van der Waals surface area (Å²) in [6.07, 6.45) is 0. The van der Waals surface area contributed by atoms with Crippen LogP contribution in [0.4, 0.5) is 35.1 Å². The van der Waals surface area contributed by atoms with Crippen LogP contribution in [0, 0.1) is 46.5 Å². The number of esters is 1. The van der Waals surface area contributed by atoms with Gasteiger partial charge in [0.05, 0.1) is 19.8 Å². The van der Waals surface area contributed by atoms with Gasteiger partial charge in [0, 0.05) is 34.0 Å². The molecule has 6 rings (SSSR count). The van der Waals surface area contributed by atoms with E-state index in [1.807, 2.05) is 0 Å². The summed E-state index contributed by atoms with van der Waals surface area (Å²) >= 11 is 0. The maximum Gasteiger partial charge on any atom is 0.302 e. The number of hydrogen-bond acceptors (Lipinski definition) is 7. The van der Waals surface area contributed by atoms with Crippen LogP contribution in [0.25, 0.3) is 0 Å². The Balaban J connectivity index is 0.000000711. The van der Waals surface area contributed by atoms with Gasteiger partial charge in [0.15, 0.2) is 0 Å². The van der Waals surface area contributed by atoms with Crippen LogP contribution in [0.3, 0.4) is 0 Å². The second-order valence-electron chi connectivity index (χ2n) is 13.2. The van der Waals surface area contributed by atoms with E-state index in [9.17, 15) is 50.1 Å². The molecular weight excluding hydrogens is 732 g/mol. The van der Waals surface area contributed by atoms with Gasteiger partial charge in [-0.15, -0.1) is 0 Å². The van der Waals surface area contributed by atoms with Crippen molar-refractivity contribution in [3.05, 3.63) is 142 Å². The van der Waals surface area contributed by atoms with E-state index in [0.29, 0.717) is 36.5 Å². The first-order chi connectivity index (χ1) is 24.5. The Hall–Kier alpha value is -4.41. The first-order valence-corrected chi connectivity index (χ1v) is 15.8. The lowest BCUT2D eigenvalue weighted by Crippen LogP contribution is -2.29. The van der Waals surface area contributed by atoms with Crippen LogP contribution in [-0.2, 0) is 41.4 Å². The van der Waals surface area contributed by atoms with Crippen molar-refractivity contribution >= 4 is 5.97 Å². The van der Waals surface area contributed by atoms with Crippen LogP contribution in [0.1, 0.15) is 67.2 Å². The fourth-order valence-corrected chi connectivity index (χ4v) is 4.41. The molecule has 2 aliphatic heterocycles. The van der Waals surface area contributed by atoms with E-state index in [-0.39, 0.29) is 28.0 Å². The van der Waals surface area contributed by atoms with E-state index in [4.69, 9.17) is 14.6 Å². The number of aliphatic hydroxyl groups is 3. The van der Waals surface area contributed by atoms with Gasteiger partial charge < -0.3 is 29.5 Å². The van der Waals surface area contributed by atoms with E-state index in [1.54, 1.807) is 13.8 Å². The molecule has 4 atom stereocenters. The standard InChI is InChI=1S/C11H12F2O3.C9H10F2O2.2C9H8F2O.CH4.2H2/c1-7(14)16-6-11(2,15)8-3-9(12)5-10(13)4-8;1-9(13,5-12)6-2-7(10)4-8(11)3-6;2*1-9(5-12-9)6-2-7(10)4-8(11)3-6;;;/h3-5,15H,6H2,1-2H3;2-4,12-13H,5H2,1H3;2*2-4H,5H2,1H3;1H4;2*1H/t11-;2*9-;;;;/m001..../s1/i;;;;;1+1;. The van der Waals surface area contributed by atoms with Crippen molar-refractivity contribution in [1.82, 2.24) is 0 Å². The normalized spacial score (nSPS) is 20.1. The summed E-state index contributed by atoms with van der Waals surface area (Å²) in [5.41, 5.74) is -2.96. The van der Waals surface area contributed by atoms with Crippen molar-refractivity contribution in [2.45, 2.75) is 64.4 Å². The Bertz CT molecular complexity index is 1760. The molecule has 4 aromatic carbocycles. The number of hydrogen-bond donors (Lipinski definition) is 3. The number of aliphatic hydroxyl groups excluding tert-OH is 1. The third-order valence-electron chi connectivity index (χ3n) is 7.93. The van der Waals surface area contributed by atoms with Crippen molar-refractivity contribution < 1.29 is 72.3 Å². The first kappa shape index (κ1) is 45.7. The molecule has 0 bridgehead atoms. The maximum atomic E-state index is 12.9. The topological polar surface area (TPSA) is 112 Å². The third-order valence-corrected chi connectivity index (χ3v) is 7.93. The average Bonchev–Trinajstić information content (AvgIpc) is 3.98. The molecule has 0 aromatic heterocycles. The predicted molar refractivity (Wildman–Crippen MR) is 186 cm³/mol. The van der Waals surface area contributed by atoms with Gasteiger partial charge in [-0.3, -0.25) is 4.79 Å². The summed E-state index contributed by atoms with van der Waals surface area (Å²) < 4.78 is 117. The van der Waals surface area contributed by atoms with Crippen LogP contribution in [0.5, 0.6) is 0 Å². The molecule has 3 N–H and O–H groups in total. The van der Waals surface area contributed by atoms with E-state index in [0.717, 1.165) is 36.4 Å². The molecule has 0 aliphatic carbocycles. The van der Waals surface area contributed by atoms with Gasteiger partial charge >= 0.3 is 5.97 Å². The van der Waals surface area contributed by atoms with Gasteiger partial charge in [-0.25, -0.2) is 35.1 Å². The molecule has 1 unspecified atom stereocenters. The number of epoxide rings is 2. The van der Waals surface area contributed by atoms with Crippen molar-refractivity contribution in [2.75, 3.05) is 26.4 Å². The molecular formula is C39H46F8O7. The molecule has 0 radical (unpaired) electrons. The zero-order chi connectivity index (χ0) is 39.9. The van der Waals surface area contributed by atoms with E-state index >= 15 is 0 Å². The van der Waals surface area contributed by atoms with Gasteiger partial charge in [-0.1, -0.05) is 7.43 Å². The Morgan fingerprint density at radius 2 is 0.907 bits per heavy atom. The molecule has 2 aliphatic rings. The molecule has 300 valence electrons. The van der Waals surface area contributed by atoms with Gasteiger partial charge in [-0.2, -0.15) is 0 Å². The monoisotopic (exact) mass is 779 g/mol. The summed E-state index contributed by atoms with van der Waals surface area (Å²) in [4.78, 5) is 10.6. The van der Waals surface area contributed by atoms with Crippen molar-refractivity contribution in [2.24, 2.45) is 0 Å². The average molecular weight is 780 g/mol. The van der Waals surface area contributed by atoms with E-state index < -0.39 is 81.5 Å². The Kier molecular flexibility index (Phi) is 15.5. The quantitative estimate of drug-likeness (QED) is 0.0981. The molecule has 0 saturated carbocycles. The Morgan fingerprint density at radius 1 is 0.648 bits per heavy atom. The van der Waals surface area contributed by atoms with Gasteiger partial charge in [0.25, 0.3) is 0 Å². The lowest BCUT2D eigenvalue weighted by atomic mass is 9.97. The van der Waals surface area contributed by atoms with Crippen LogP contribution in [0.2, 0.25) is 0 Å². The summed E-state index contributed by atoms with van der Waals surface area (Å²) in [7, 11) is 0. The molecule has 4 aromatic rings. The smallest absolute Gasteiger partial charge is 0.302 e. The fraction of sp³-hybridized carbons (Fsp3) is 0.359. The van der Waals surface area contributed by atoms with Gasteiger partial charge in [0.1, 0.15) is 75.5 Å². The minimum Gasteiger partial charge on any atom is -0.462 e. The van der Waals surface area contributed by atoms with E-state index in [1.165, 1.54) is 45.0 Å². The minimum atomic E-state index is -1.62. The van der Waals surface area contributed by atoms with Gasteiger partial charge in [0.2, 0.25) is 0 Å². The highest BCUT2D eigenvalue weighted by Gasteiger charge is 2.42. The second kappa shape index (κ2) is 18.3. The molecule has 0 amide bonds. The molecule has 7 nitrogen and oxygen atoms in total. The number of carbonyl (C=O) groups excluding carboxylic acids is 1. The number of benzene rings is 4. The largest absolute Gasteiger partial charge is 0.462 e. The molecule has 2 saturated heterocycles. The van der Waals surface area contributed by atoms with Crippen molar-refractivity contribution in [1.29, 1.82) is 0 Å². The van der Waals surface area contributed by atoms with Crippen molar-refractivity contribution in [3.8, 4) is 0 Å². The summed E-state index contributed by atoms with van der Waals surface area (Å²) in [5, 5.41) is 28.1. The van der Waals surface area contributed by atoms with Gasteiger partial charge in [-0.05, 0) is 98.5 Å².